The minimum atomic E-state index is -0.773. The fourth-order valence-electron chi connectivity index (χ4n) is 4.62. The number of hydrogen-bond donors (Lipinski definition) is 3. The average molecular weight is 468 g/mol. The van der Waals surface area contributed by atoms with Crippen molar-refractivity contribution in [1.82, 2.24) is 10.2 Å². The molecule has 3 amide bonds. The standard InChI is InChI=1S/C26H33N3O5/c1-18(19-8-4-2-5-9-19)27-25(31)14-22-12-13-23-24(34-22)17-33-16-21(30)15-29(23)26(32)28-20-10-6-3-7-11-20/h2-11,18,21-24,30H,12-17H2,1H3,(H,27,31)(H,28,32)/t18-,21-,22+,23+,24-/m0/s1. The smallest absolute Gasteiger partial charge is 0.322 e. The van der Waals surface area contributed by atoms with Gasteiger partial charge < -0.3 is 30.1 Å². The second-order valence-electron chi connectivity index (χ2n) is 8.99. The Labute approximate surface area is 200 Å². The summed E-state index contributed by atoms with van der Waals surface area (Å²) in [6.07, 6.45) is 0.155. The minimum absolute atomic E-state index is 0.0688. The number of carbonyl (C=O) groups is 2. The van der Waals surface area contributed by atoms with Crippen molar-refractivity contribution in [3.63, 3.8) is 0 Å². The number of β-amino-alcohol motifs (C(OH)–C–C–N with tert-alkyl or cyclic N) is 1. The number of amides is 3. The summed E-state index contributed by atoms with van der Waals surface area (Å²) in [6, 6.07) is 18.4. The number of ether oxygens (including phenoxy) is 2. The van der Waals surface area contributed by atoms with E-state index in [9.17, 15) is 14.7 Å². The van der Waals surface area contributed by atoms with Crippen LogP contribution in [0.15, 0.2) is 60.7 Å². The Hall–Kier alpha value is -2.94. The van der Waals surface area contributed by atoms with Crippen molar-refractivity contribution in [3.05, 3.63) is 66.2 Å². The maximum atomic E-state index is 13.1. The predicted molar refractivity (Wildman–Crippen MR) is 128 cm³/mol. The lowest BCUT2D eigenvalue weighted by atomic mass is 9.94. The molecule has 2 saturated heterocycles. The number of carbonyl (C=O) groups excluding carboxylic acids is 2. The monoisotopic (exact) mass is 467 g/mol. The average Bonchev–Trinajstić information content (AvgIpc) is 2.83. The molecule has 182 valence electrons. The molecule has 2 aliphatic heterocycles. The maximum Gasteiger partial charge on any atom is 0.322 e. The summed E-state index contributed by atoms with van der Waals surface area (Å²) >= 11 is 0. The fourth-order valence-corrected chi connectivity index (χ4v) is 4.62. The number of nitrogens with one attached hydrogen (secondary N) is 2. The first-order chi connectivity index (χ1) is 16.5. The largest absolute Gasteiger partial charge is 0.389 e. The van der Waals surface area contributed by atoms with E-state index in [-0.39, 0.29) is 62.4 Å². The van der Waals surface area contributed by atoms with Crippen molar-refractivity contribution in [2.75, 3.05) is 25.1 Å². The zero-order chi connectivity index (χ0) is 23.9. The molecule has 2 fully saturated rings. The Morgan fingerprint density at radius 2 is 1.76 bits per heavy atom. The number of benzene rings is 2. The highest BCUT2D eigenvalue weighted by atomic mass is 16.5. The van der Waals surface area contributed by atoms with Crippen molar-refractivity contribution in [3.8, 4) is 0 Å². The number of hydrogen-bond acceptors (Lipinski definition) is 5. The van der Waals surface area contributed by atoms with Crippen molar-refractivity contribution < 1.29 is 24.2 Å². The van der Waals surface area contributed by atoms with E-state index in [1.807, 2.05) is 67.6 Å². The van der Waals surface area contributed by atoms with Crippen LogP contribution in [0.1, 0.15) is 37.8 Å². The molecule has 0 unspecified atom stereocenters. The van der Waals surface area contributed by atoms with Gasteiger partial charge in [0.25, 0.3) is 0 Å². The third-order valence-electron chi connectivity index (χ3n) is 6.36. The molecule has 3 N–H and O–H groups in total. The molecule has 8 nitrogen and oxygen atoms in total. The number of aliphatic hydroxyl groups excluding tert-OH is 1. The van der Waals surface area contributed by atoms with E-state index >= 15 is 0 Å². The number of urea groups is 1. The molecule has 34 heavy (non-hydrogen) atoms. The van der Waals surface area contributed by atoms with Crippen molar-refractivity contribution in [2.24, 2.45) is 0 Å². The predicted octanol–water partition coefficient (Wildman–Crippen LogP) is 3.10. The summed E-state index contributed by atoms with van der Waals surface area (Å²) in [5.74, 6) is -0.0688. The molecule has 0 radical (unpaired) electrons. The van der Waals surface area contributed by atoms with Gasteiger partial charge in [-0.2, -0.15) is 0 Å². The van der Waals surface area contributed by atoms with Crippen LogP contribution in [-0.4, -0.2) is 66.1 Å². The molecular formula is C26H33N3O5. The number of anilines is 1. The van der Waals surface area contributed by atoms with Crippen LogP contribution in [0, 0.1) is 0 Å². The van der Waals surface area contributed by atoms with E-state index in [1.165, 1.54) is 0 Å². The molecular weight excluding hydrogens is 434 g/mol. The molecule has 2 aliphatic rings. The Morgan fingerprint density at radius 3 is 2.50 bits per heavy atom. The van der Waals surface area contributed by atoms with Gasteiger partial charge in [-0.3, -0.25) is 4.79 Å². The number of para-hydroxylation sites is 1. The van der Waals surface area contributed by atoms with E-state index in [0.717, 1.165) is 5.56 Å². The zero-order valence-electron chi connectivity index (χ0n) is 19.4. The quantitative estimate of drug-likeness (QED) is 0.628. The van der Waals surface area contributed by atoms with E-state index in [1.54, 1.807) is 4.90 Å². The van der Waals surface area contributed by atoms with Gasteiger partial charge in [0.2, 0.25) is 5.91 Å². The maximum absolute atomic E-state index is 13.1. The molecule has 5 atom stereocenters. The summed E-state index contributed by atoms with van der Waals surface area (Å²) in [4.78, 5) is 27.4. The van der Waals surface area contributed by atoms with Gasteiger partial charge in [-0.05, 0) is 37.5 Å². The van der Waals surface area contributed by atoms with Gasteiger partial charge in [0.15, 0.2) is 0 Å². The summed E-state index contributed by atoms with van der Waals surface area (Å²) < 4.78 is 11.9. The second kappa shape index (κ2) is 11.5. The van der Waals surface area contributed by atoms with E-state index in [2.05, 4.69) is 10.6 Å². The van der Waals surface area contributed by atoms with Gasteiger partial charge in [0.1, 0.15) is 6.10 Å². The Kier molecular flexibility index (Phi) is 8.16. The Bertz CT molecular complexity index is 942. The van der Waals surface area contributed by atoms with Gasteiger partial charge in [0, 0.05) is 5.69 Å². The van der Waals surface area contributed by atoms with Gasteiger partial charge in [-0.1, -0.05) is 48.5 Å². The fraction of sp³-hybridized carbons (Fsp3) is 0.462. The normalized spacial score (nSPS) is 25.9. The van der Waals surface area contributed by atoms with Crippen LogP contribution < -0.4 is 10.6 Å². The molecule has 8 heteroatoms. The first kappa shape index (κ1) is 24.2. The van der Waals surface area contributed by atoms with Gasteiger partial charge in [-0.25, -0.2) is 4.79 Å². The van der Waals surface area contributed by atoms with Crippen LogP contribution >= 0.6 is 0 Å². The van der Waals surface area contributed by atoms with Crippen molar-refractivity contribution >= 4 is 17.6 Å². The molecule has 2 aromatic carbocycles. The van der Waals surface area contributed by atoms with Crippen LogP contribution in [0.5, 0.6) is 0 Å². The molecule has 0 saturated carbocycles. The summed E-state index contributed by atoms with van der Waals surface area (Å²) in [5.41, 5.74) is 1.74. The third kappa shape index (κ3) is 6.34. The summed E-state index contributed by atoms with van der Waals surface area (Å²) in [5, 5.41) is 16.2. The lowest BCUT2D eigenvalue weighted by Gasteiger charge is -2.44. The molecule has 0 aromatic heterocycles. The Balaban J connectivity index is 1.37. The lowest BCUT2D eigenvalue weighted by Crippen LogP contribution is -2.58. The highest BCUT2D eigenvalue weighted by Crippen LogP contribution is 2.28. The van der Waals surface area contributed by atoms with E-state index in [0.29, 0.717) is 18.5 Å². The summed E-state index contributed by atoms with van der Waals surface area (Å²) in [6.45, 7) is 2.50. The van der Waals surface area contributed by atoms with E-state index < -0.39 is 6.10 Å². The summed E-state index contributed by atoms with van der Waals surface area (Å²) in [7, 11) is 0. The first-order valence-electron chi connectivity index (χ1n) is 11.9. The third-order valence-corrected chi connectivity index (χ3v) is 6.36. The second-order valence-corrected chi connectivity index (χ2v) is 8.99. The van der Waals surface area contributed by atoms with Crippen molar-refractivity contribution in [1.29, 1.82) is 0 Å². The Morgan fingerprint density at radius 1 is 1.06 bits per heavy atom. The molecule has 2 heterocycles. The topological polar surface area (TPSA) is 100 Å². The minimum Gasteiger partial charge on any atom is -0.389 e. The van der Waals surface area contributed by atoms with Crippen LogP contribution in [-0.2, 0) is 14.3 Å². The SMILES string of the molecule is C[C@H](NC(=O)C[C@H]1CC[C@@H]2[C@H](COC[C@@H](O)CN2C(=O)Nc2ccccc2)O1)c1ccccc1. The molecule has 0 spiro atoms. The number of aliphatic hydroxyl groups is 1. The van der Waals surface area contributed by atoms with Gasteiger partial charge >= 0.3 is 6.03 Å². The van der Waals surface area contributed by atoms with Crippen LogP contribution in [0.25, 0.3) is 0 Å². The zero-order valence-corrected chi connectivity index (χ0v) is 19.4. The highest BCUT2D eigenvalue weighted by molar-refractivity contribution is 5.89. The number of rotatable bonds is 5. The number of nitrogens with zero attached hydrogens (tertiary/aromatic N) is 1. The van der Waals surface area contributed by atoms with Crippen LogP contribution in [0.4, 0.5) is 10.5 Å². The van der Waals surface area contributed by atoms with Gasteiger partial charge in [0.05, 0.1) is 50.5 Å². The van der Waals surface area contributed by atoms with Crippen LogP contribution in [0.3, 0.4) is 0 Å². The number of fused-ring (bicyclic) bond motifs is 1. The molecule has 0 aliphatic carbocycles. The lowest BCUT2D eigenvalue weighted by molar-refractivity contribution is -0.150. The first-order valence-corrected chi connectivity index (χ1v) is 11.9. The highest BCUT2D eigenvalue weighted by Gasteiger charge is 2.40. The van der Waals surface area contributed by atoms with Gasteiger partial charge in [-0.15, -0.1) is 0 Å². The molecule has 4 rings (SSSR count). The molecule has 0 bridgehead atoms. The van der Waals surface area contributed by atoms with E-state index in [4.69, 9.17) is 9.47 Å². The molecule has 2 aromatic rings. The van der Waals surface area contributed by atoms with Crippen molar-refractivity contribution in [2.45, 2.75) is 56.6 Å². The van der Waals surface area contributed by atoms with Crippen LogP contribution in [0.2, 0.25) is 0 Å².